The van der Waals surface area contributed by atoms with Crippen molar-refractivity contribution in [2.75, 3.05) is 18.6 Å². The number of hydrogen-bond acceptors (Lipinski definition) is 4. The molecule has 0 radical (unpaired) electrons. The number of nitrogens with one attached hydrogen (secondary N) is 2. The Bertz CT molecular complexity index is 194. The van der Waals surface area contributed by atoms with E-state index in [0.717, 1.165) is 12.3 Å². The first kappa shape index (κ1) is 16.9. The number of carbonyl (C=O) groups is 1. The highest BCUT2D eigenvalue weighted by atomic mass is 32.2. The second-order valence-corrected chi connectivity index (χ2v) is 5.28. The molecule has 0 bridgehead atoms. The van der Waals surface area contributed by atoms with Gasteiger partial charge in [0.1, 0.15) is 0 Å². The highest BCUT2D eigenvalue weighted by molar-refractivity contribution is 7.99. The zero-order valence-electron chi connectivity index (χ0n) is 11.7. The molecule has 1 unspecified atom stereocenters. The molecule has 1 rings (SSSR count). The van der Waals surface area contributed by atoms with Crippen molar-refractivity contribution in [2.45, 2.75) is 52.5 Å². The Morgan fingerprint density at radius 3 is 2.41 bits per heavy atom. The van der Waals surface area contributed by atoms with Crippen molar-refractivity contribution in [3.05, 3.63) is 0 Å². The summed E-state index contributed by atoms with van der Waals surface area (Å²) in [5.41, 5.74) is 5.97. The van der Waals surface area contributed by atoms with Gasteiger partial charge >= 0.3 is 0 Å². The van der Waals surface area contributed by atoms with Crippen molar-refractivity contribution in [1.82, 2.24) is 10.9 Å². The predicted octanol–water partition coefficient (Wildman–Crippen LogP) is 2.62. The van der Waals surface area contributed by atoms with Crippen LogP contribution in [0.3, 0.4) is 0 Å². The van der Waals surface area contributed by atoms with Gasteiger partial charge in [-0.15, -0.1) is 0 Å². The van der Waals surface area contributed by atoms with Crippen LogP contribution in [0.25, 0.3) is 0 Å². The molecule has 3 nitrogen and oxygen atoms in total. The molecule has 17 heavy (non-hydrogen) atoms. The van der Waals surface area contributed by atoms with Crippen LogP contribution in [0.1, 0.15) is 46.5 Å². The van der Waals surface area contributed by atoms with Crippen LogP contribution in [0.5, 0.6) is 0 Å². The molecule has 1 aliphatic heterocycles. The van der Waals surface area contributed by atoms with Crippen LogP contribution >= 0.6 is 11.8 Å². The van der Waals surface area contributed by atoms with E-state index in [1.807, 2.05) is 39.6 Å². The van der Waals surface area contributed by atoms with E-state index < -0.39 is 0 Å². The molecule has 4 heteroatoms. The van der Waals surface area contributed by atoms with Crippen molar-refractivity contribution in [3.63, 3.8) is 0 Å². The van der Waals surface area contributed by atoms with Crippen molar-refractivity contribution < 1.29 is 4.79 Å². The van der Waals surface area contributed by atoms with E-state index in [0.29, 0.717) is 12.2 Å². The van der Waals surface area contributed by atoms with Crippen molar-refractivity contribution in [3.8, 4) is 0 Å². The molecule has 0 aromatic carbocycles. The largest absolute Gasteiger partial charge is 0.298 e. The standard InChI is InChI=1S/C11H22N2OS.C2H6/c1-3-11(14)10(13-12-2)8-9-4-6-15-7-5-9;1-2/h9-10,12-13H,3-8H2,1-2H3;1-2H3. The number of carbonyl (C=O) groups excluding carboxylic acids is 1. The fourth-order valence-corrected chi connectivity index (χ4v) is 3.21. The third kappa shape index (κ3) is 7.06. The molecular weight excluding hydrogens is 232 g/mol. The summed E-state index contributed by atoms with van der Waals surface area (Å²) in [4.78, 5) is 11.7. The van der Waals surface area contributed by atoms with Crippen LogP contribution in [-0.4, -0.2) is 30.4 Å². The Morgan fingerprint density at radius 1 is 1.35 bits per heavy atom. The zero-order valence-corrected chi connectivity index (χ0v) is 12.5. The molecule has 1 heterocycles. The summed E-state index contributed by atoms with van der Waals surface area (Å²) < 4.78 is 0. The molecular formula is C13H28N2OS. The van der Waals surface area contributed by atoms with E-state index in [2.05, 4.69) is 10.9 Å². The summed E-state index contributed by atoms with van der Waals surface area (Å²) in [5.74, 6) is 3.57. The lowest BCUT2D eigenvalue weighted by Crippen LogP contribution is -2.44. The molecule has 0 amide bonds. The third-order valence-electron chi connectivity index (χ3n) is 2.97. The van der Waals surface area contributed by atoms with E-state index in [-0.39, 0.29) is 6.04 Å². The Balaban J connectivity index is 0.00000121. The molecule has 0 aromatic heterocycles. The van der Waals surface area contributed by atoms with Gasteiger partial charge in [-0.05, 0) is 43.7 Å². The number of thioether (sulfide) groups is 1. The number of Topliss-reactive ketones (excluding diaryl/α,β-unsaturated/α-hetero) is 1. The van der Waals surface area contributed by atoms with E-state index in [1.165, 1.54) is 24.3 Å². The molecule has 0 saturated carbocycles. The van der Waals surface area contributed by atoms with E-state index in [4.69, 9.17) is 0 Å². The van der Waals surface area contributed by atoms with Crippen molar-refractivity contribution >= 4 is 17.5 Å². The van der Waals surface area contributed by atoms with Crippen LogP contribution in [-0.2, 0) is 4.79 Å². The van der Waals surface area contributed by atoms with Gasteiger partial charge in [-0.3, -0.25) is 10.2 Å². The van der Waals surface area contributed by atoms with Crippen LogP contribution in [0.4, 0.5) is 0 Å². The van der Waals surface area contributed by atoms with Gasteiger partial charge in [0.15, 0.2) is 5.78 Å². The van der Waals surface area contributed by atoms with Gasteiger partial charge in [0, 0.05) is 6.42 Å². The molecule has 1 atom stereocenters. The third-order valence-corrected chi connectivity index (χ3v) is 4.01. The maximum atomic E-state index is 11.7. The number of hydrogen-bond donors (Lipinski definition) is 2. The monoisotopic (exact) mass is 260 g/mol. The average Bonchev–Trinajstić information content (AvgIpc) is 2.41. The van der Waals surface area contributed by atoms with Gasteiger partial charge in [-0.25, -0.2) is 5.43 Å². The van der Waals surface area contributed by atoms with E-state index in [1.54, 1.807) is 0 Å². The lowest BCUT2D eigenvalue weighted by Gasteiger charge is -2.25. The summed E-state index contributed by atoms with van der Waals surface area (Å²) in [7, 11) is 1.83. The van der Waals surface area contributed by atoms with Crippen LogP contribution in [0.15, 0.2) is 0 Å². The Labute approximate surface area is 110 Å². The van der Waals surface area contributed by atoms with Gasteiger partial charge in [-0.1, -0.05) is 20.8 Å². The molecule has 0 aromatic rings. The van der Waals surface area contributed by atoms with Gasteiger partial charge in [-0.2, -0.15) is 11.8 Å². The average molecular weight is 260 g/mol. The molecule has 0 spiro atoms. The Morgan fingerprint density at radius 2 is 1.94 bits per heavy atom. The second kappa shape index (κ2) is 11.1. The second-order valence-electron chi connectivity index (χ2n) is 4.06. The minimum absolute atomic E-state index is 0.00750. The maximum absolute atomic E-state index is 11.7. The van der Waals surface area contributed by atoms with E-state index in [9.17, 15) is 4.79 Å². The van der Waals surface area contributed by atoms with Gasteiger partial charge in [0.25, 0.3) is 0 Å². The highest BCUT2D eigenvalue weighted by Crippen LogP contribution is 2.26. The molecule has 1 saturated heterocycles. The predicted molar refractivity (Wildman–Crippen MR) is 77.3 cm³/mol. The topological polar surface area (TPSA) is 41.1 Å². The number of hydrazine groups is 1. The SMILES string of the molecule is CC.CCC(=O)C(CC1CCSCC1)NNC. The lowest BCUT2D eigenvalue weighted by molar-refractivity contribution is -0.121. The summed E-state index contributed by atoms with van der Waals surface area (Å²) in [5, 5.41) is 0. The smallest absolute Gasteiger partial charge is 0.150 e. The summed E-state index contributed by atoms with van der Waals surface area (Å²) >= 11 is 2.03. The first-order chi connectivity index (χ1) is 8.27. The molecule has 102 valence electrons. The quantitative estimate of drug-likeness (QED) is 0.720. The molecule has 0 aliphatic carbocycles. The minimum Gasteiger partial charge on any atom is -0.298 e. The number of ketones is 1. The normalized spacial score (nSPS) is 18.1. The van der Waals surface area contributed by atoms with E-state index >= 15 is 0 Å². The van der Waals surface area contributed by atoms with Crippen molar-refractivity contribution in [2.24, 2.45) is 5.92 Å². The first-order valence-electron chi connectivity index (χ1n) is 6.80. The Hall–Kier alpha value is -0.0600. The van der Waals surface area contributed by atoms with Crippen LogP contribution in [0, 0.1) is 5.92 Å². The first-order valence-corrected chi connectivity index (χ1v) is 7.96. The summed E-state index contributed by atoms with van der Waals surface area (Å²) in [6, 6.07) is 0.00750. The molecule has 1 fully saturated rings. The molecule has 1 aliphatic rings. The fraction of sp³-hybridized carbons (Fsp3) is 0.923. The summed E-state index contributed by atoms with van der Waals surface area (Å²) in [6.45, 7) is 5.93. The Kier molecular flexibility index (Phi) is 11.0. The van der Waals surface area contributed by atoms with Gasteiger partial charge in [0.05, 0.1) is 6.04 Å². The van der Waals surface area contributed by atoms with Crippen LogP contribution in [0.2, 0.25) is 0 Å². The highest BCUT2D eigenvalue weighted by Gasteiger charge is 2.22. The van der Waals surface area contributed by atoms with Gasteiger partial charge < -0.3 is 0 Å². The maximum Gasteiger partial charge on any atom is 0.150 e. The van der Waals surface area contributed by atoms with Crippen LogP contribution < -0.4 is 10.9 Å². The summed E-state index contributed by atoms with van der Waals surface area (Å²) in [6.07, 6.45) is 4.15. The fourth-order valence-electron chi connectivity index (χ4n) is 2.01. The molecule has 2 N–H and O–H groups in total. The van der Waals surface area contributed by atoms with Gasteiger partial charge in [0.2, 0.25) is 0 Å². The number of rotatable bonds is 6. The minimum atomic E-state index is 0.00750. The lowest BCUT2D eigenvalue weighted by atomic mass is 9.92. The zero-order chi connectivity index (χ0) is 13.1. The van der Waals surface area contributed by atoms with Crippen molar-refractivity contribution in [1.29, 1.82) is 0 Å².